The highest BCUT2D eigenvalue weighted by atomic mass is 16.5. The molecule has 41 heavy (non-hydrogen) atoms. The monoisotopic (exact) mass is 564 g/mol. The molecule has 1 aliphatic carbocycles. The first-order valence-corrected chi connectivity index (χ1v) is 14.9. The number of carbonyl (C=O) groups is 3. The fourth-order valence-corrected chi connectivity index (χ4v) is 6.29. The SMILES string of the molecule is CC(C)=CC[C@@]1(CC(CCC(C)C)=C(C)C)C(O)=C([C@H](CC(=O)O)c2ccccc2)C(=O)[C@@H]2C(=O)[C@@H](C)[C@@H](C)O[C@@H]21. The third-order valence-corrected chi connectivity index (χ3v) is 9.01. The Labute approximate surface area is 245 Å². The highest BCUT2D eigenvalue weighted by Crippen LogP contribution is 2.55. The molecule has 1 saturated heterocycles. The van der Waals surface area contributed by atoms with E-state index in [4.69, 9.17) is 4.74 Å². The van der Waals surface area contributed by atoms with E-state index in [9.17, 15) is 24.6 Å². The number of carbonyl (C=O) groups excluding carboxylic acids is 2. The normalized spacial score (nSPS) is 27.0. The molecule has 6 nitrogen and oxygen atoms in total. The summed E-state index contributed by atoms with van der Waals surface area (Å²) >= 11 is 0. The predicted octanol–water partition coefficient (Wildman–Crippen LogP) is 7.75. The van der Waals surface area contributed by atoms with Crippen LogP contribution in [0.1, 0.15) is 99.0 Å². The first kappa shape index (κ1) is 32.5. The standard InChI is InChI=1S/C35H48O6/c1-20(2)14-15-26(22(5)6)19-35(17-16-21(3)4)33(40)29(27(18-28(36)37)25-12-10-9-11-13-25)32(39)30-31(38)23(7)24(8)41-34(30)35/h9-13,16,20,23-24,27,30,34,40H,14-15,17-19H2,1-8H3,(H,36,37)/t23-,24+,27+,30-,34-,35+/m0/s1. The van der Waals surface area contributed by atoms with E-state index in [2.05, 4.69) is 27.7 Å². The molecule has 3 rings (SSSR count). The third kappa shape index (κ3) is 6.91. The number of aliphatic hydroxyl groups excluding tert-OH is 1. The van der Waals surface area contributed by atoms with Crippen LogP contribution in [0.2, 0.25) is 0 Å². The molecule has 224 valence electrons. The van der Waals surface area contributed by atoms with E-state index in [0.29, 0.717) is 24.3 Å². The molecule has 6 heteroatoms. The van der Waals surface area contributed by atoms with Gasteiger partial charge in [0.15, 0.2) is 11.6 Å². The number of hydrogen-bond donors (Lipinski definition) is 2. The molecule has 0 aromatic heterocycles. The number of aliphatic hydroxyl groups is 1. The van der Waals surface area contributed by atoms with Crippen LogP contribution in [0.15, 0.2) is 64.5 Å². The largest absolute Gasteiger partial charge is 0.511 e. The minimum Gasteiger partial charge on any atom is -0.511 e. The van der Waals surface area contributed by atoms with Crippen molar-refractivity contribution in [1.29, 1.82) is 0 Å². The van der Waals surface area contributed by atoms with Gasteiger partial charge in [-0.15, -0.1) is 0 Å². The second kappa shape index (κ2) is 13.3. The number of carboxylic acid groups (broad SMARTS) is 1. The van der Waals surface area contributed by atoms with E-state index >= 15 is 0 Å². The highest BCUT2D eigenvalue weighted by molar-refractivity contribution is 6.14. The van der Waals surface area contributed by atoms with Crippen molar-refractivity contribution in [3.63, 3.8) is 0 Å². The Morgan fingerprint density at radius 2 is 1.71 bits per heavy atom. The third-order valence-electron chi connectivity index (χ3n) is 9.01. The van der Waals surface area contributed by atoms with Gasteiger partial charge >= 0.3 is 5.97 Å². The second-order valence-corrected chi connectivity index (χ2v) is 13.0. The second-order valence-electron chi connectivity index (χ2n) is 13.0. The fraction of sp³-hybridized carbons (Fsp3) is 0.571. The average molecular weight is 565 g/mol. The van der Waals surface area contributed by atoms with Crippen molar-refractivity contribution in [3.05, 3.63) is 70.0 Å². The number of ketones is 2. The molecule has 1 aromatic carbocycles. The number of rotatable bonds is 11. The van der Waals surface area contributed by atoms with E-state index < -0.39 is 47.1 Å². The lowest BCUT2D eigenvalue weighted by Crippen LogP contribution is -2.60. The van der Waals surface area contributed by atoms with E-state index in [0.717, 1.165) is 29.6 Å². The van der Waals surface area contributed by atoms with Crippen molar-refractivity contribution in [3.8, 4) is 0 Å². The topological polar surface area (TPSA) is 101 Å². The van der Waals surface area contributed by atoms with Crippen molar-refractivity contribution in [2.75, 3.05) is 0 Å². The number of fused-ring (bicyclic) bond motifs is 1. The summed E-state index contributed by atoms with van der Waals surface area (Å²) in [6, 6.07) is 8.96. The molecule has 1 aliphatic heterocycles. The van der Waals surface area contributed by atoms with Gasteiger partial charge in [-0.2, -0.15) is 0 Å². The molecule has 6 atom stereocenters. The first-order valence-electron chi connectivity index (χ1n) is 14.9. The van der Waals surface area contributed by atoms with Gasteiger partial charge in [0.25, 0.3) is 0 Å². The molecular weight excluding hydrogens is 516 g/mol. The molecule has 0 spiro atoms. The lowest BCUT2D eigenvalue weighted by Gasteiger charge is -2.52. The van der Waals surface area contributed by atoms with Crippen molar-refractivity contribution in [2.45, 2.75) is 106 Å². The van der Waals surface area contributed by atoms with Gasteiger partial charge in [0, 0.05) is 17.4 Å². The number of allylic oxidation sites excluding steroid dienone is 5. The predicted molar refractivity (Wildman–Crippen MR) is 162 cm³/mol. The van der Waals surface area contributed by atoms with Crippen LogP contribution < -0.4 is 0 Å². The summed E-state index contributed by atoms with van der Waals surface area (Å²) in [5.41, 5.74) is 2.90. The van der Waals surface area contributed by atoms with E-state index in [-0.39, 0.29) is 23.5 Å². The van der Waals surface area contributed by atoms with E-state index in [1.165, 1.54) is 0 Å². The number of benzene rings is 1. The van der Waals surface area contributed by atoms with Crippen molar-refractivity contribution >= 4 is 17.5 Å². The summed E-state index contributed by atoms with van der Waals surface area (Å²) in [7, 11) is 0. The van der Waals surface area contributed by atoms with Gasteiger partial charge in [-0.1, -0.05) is 73.9 Å². The minimum absolute atomic E-state index is 0.0395. The van der Waals surface area contributed by atoms with Crippen LogP contribution in [0, 0.1) is 23.2 Å². The summed E-state index contributed by atoms with van der Waals surface area (Å²) < 4.78 is 6.58. The molecule has 2 N–H and O–H groups in total. The summed E-state index contributed by atoms with van der Waals surface area (Å²) in [6.45, 7) is 16.1. The maximum atomic E-state index is 14.4. The van der Waals surface area contributed by atoms with Crippen LogP contribution in [0.5, 0.6) is 0 Å². The summed E-state index contributed by atoms with van der Waals surface area (Å²) in [6.07, 6.45) is 2.93. The van der Waals surface area contributed by atoms with Gasteiger partial charge in [0.1, 0.15) is 11.7 Å². The Hall–Kier alpha value is -2.99. The van der Waals surface area contributed by atoms with Crippen LogP contribution in [-0.4, -0.2) is 40.0 Å². The molecular formula is C35H48O6. The van der Waals surface area contributed by atoms with Crippen LogP contribution in [0.25, 0.3) is 0 Å². The zero-order valence-electron chi connectivity index (χ0n) is 26.0. The first-order chi connectivity index (χ1) is 19.2. The van der Waals surface area contributed by atoms with E-state index in [1.54, 1.807) is 31.2 Å². The summed E-state index contributed by atoms with van der Waals surface area (Å²) in [5, 5.41) is 22.3. The number of ether oxygens (including phenoxy) is 1. The maximum Gasteiger partial charge on any atom is 0.304 e. The molecule has 1 aromatic rings. The van der Waals surface area contributed by atoms with Gasteiger partial charge in [-0.05, 0) is 71.8 Å². The van der Waals surface area contributed by atoms with Gasteiger partial charge < -0.3 is 14.9 Å². The Kier molecular flexibility index (Phi) is 10.6. The Balaban J connectivity index is 2.40. The van der Waals surface area contributed by atoms with Crippen molar-refractivity contribution < 1.29 is 29.3 Å². The quantitative estimate of drug-likeness (QED) is 0.210. The van der Waals surface area contributed by atoms with Gasteiger partial charge in [-0.3, -0.25) is 14.4 Å². The van der Waals surface area contributed by atoms with Crippen LogP contribution >= 0.6 is 0 Å². The summed E-state index contributed by atoms with van der Waals surface area (Å²) in [5.74, 6) is -3.96. The molecule has 0 unspecified atom stereocenters. The van der Waals surface area contributed by atoms with Crippen LogP contribution in [0.4, 0.5) is 0 Å². The fourth-order valence-electron chi connectivity index (χ4n) is 6.29. The number of Topliss-reactive ketones (excluding diaryl/α,β-unsaturated/α-hetero) is 2. The maximum absolute atomic E-state index is 14.4. The molecule has 0 amide bonds. The molecule has 1 heterocycles. The lowest BCUT2D eigenvalue weighted by atomic mass is 9.57. The van der Waals surface area contributed by atoms with Crippen molar-refractivity contribution in [2.24, 2.45) is 23.2 Å². The molecule has 0 bridgehead atoms. The Morgan fingerprint density at radius 3 is 2.24 bits per heavy atom. The van der Waals surface area contributed by atoms with Crippen LogP contribution in [0.3, 0.4) is 0 Å². The molecule has 2 aliphatic rings. The molecule has 0 radical (unpaired) electrons. The van der Waals surface area contributed by atoms with E-state index in [1.807, 2.05) is 32.9 Å². The van der Waals surface area contributed by atoms with Gasteiger partial charge in [0.05, 0.1) is 24.0 Å². The zero-order chi connectivity index (χ0) is 30.6. The van der Waals surface area contributed by atoms with Gasteiger partial charge in [-0.25, -0.2) is 0 Å². The van der Waals surface area contributed by atoms with Crippen LogP contribution in [-0.2, 0) is 19.1 Å². The molecule has 1 fully saturated rings. The number of aliphatic carboxylic acids is 1. The smallest absolute Gasteiger partial charge is 0.304 e. The molecule has 0 saturated carbocycles. The minimum atomic E-state index is -1.11. The number of hydrogen-bond acceptors (Lipinski definition) is 5. The Morgan fingerprint density at radius 1 is 1.07 bits per heavy atom. The zero-order valence-corrected chi connectivity index (χ0v) is 26.0. The Bertz CT molecular complexity index is 1230. The lowest BCUT2D eigenvalue weighted by molar-refractivity contribution is -0.179. The highest BCUT2D eigenvalue weighted by Gasteiger charge is 2.61. The number of carboxylic acids is 1. The van der Waals surface area contributed by atoms with Gasteiger partial charge in [0.2, 0.25) is 0 Å². The van der Waals surface area contributed by atoms with Crippen molar-refractivity contribution in [1.82, 2.24) is 0 Å². The average Bonchev–Trinajstić information content (AvgIpc) is 2.90. The summed E-state index contributed by atoms with van der Waals surface area (Å²) in [4.78, 5) is 40.4.